The van der Waals surface area contributed by atoms with E-state index in [1.54, 1.807) is 0 Å². The van der Waals surface area contributed by atoms with Crippen LogP contribution in [-0.4, -0.2) is 15.7 Å². The summed E-state index contributed by atoms with van der Waals surface area (Å²) in [5, 5.41) is 8.75. The molecule has 1 heterocycles. The van der Waals surface area contributed by atoms with Gasteiger partial charge in [0.2, 0.25) is 5.62 Å². The van der Waals surface area contributed by atoms with E-state index in [0.717, 1.165) is 26.8 Å². The van der Waals surface area contributed by atoms with Gasteiger partial charge in [-0.2, -0.15) is 0 Å². The first kappa shape index (κ1) is 21.4. The first-order valence-electron chi connectivity index (χ1n) is 9.29. The summed E-state index contributed by atoms with van der Waals surface area (Å²) >= 11 is 3.48. The van der Waals surface area contributed by atoms with Crippen LogP contribution >= 0.6 is 32.9 Å². The number of imidazole rings is 1. The predicted octanol–water partition coefficient (Wildman–Crippen LogP) is 5.70. The van der Waals surface area contributed by atoms with Crippen molar-refractivity contribution in [1.29, 1.82) is 5.41 Å². The monoisotopic (exact) mass is 515 g/mol. The summed E-state index contributed by atoms with van der Waals surface area (Å²) in [6.07, 6.45) is 0. The number of hydrogen-bond acceptors (Lipinski definition) is 2. The normalized spacial score (nSPS) is 10.7. The van der Waals surface area contributed by atoms with Crippen molar-refractivity contribution < 1.29 is 4.74 Å². The van der Waals surface area contributed by atoms with Gasteiger partial charge in [0, 0.05) is 4.47 Å². The number of fused-ring (bicyclic) bond motifs is 1. The second-order valence-corrected chi connectivity index (χ2v) is 7.71. The number of ether oxygens (including phenoxy) is 1. The van der Waals surface area contributed by atoms with Gasteiger partial charge in [-0.3, -0.25) is 5.41 Å². The highest BCUT2D eigenvalue weighted by Gasteiger charge is 2.11. The SMILES string of the molecule is Br.Cc1ccccc1OCCn1c(=N)n(Cc2ccc(Br)cc2)c2ccccc21. The maximum absolute atomic E-state index is 8.75. The lowest BCUT2D eigenvalue weighted by atomic mass is 10.2. The smallest absolute Gasteiger partial charge is 0.203 e. The summed E-state index contributed by atoms with van der Waals surface area (Å²) < 4.78 is 11.1. The number of halogens is 2. The molecule has 0 spiro atoms. The quantitative estimate of drug-likeness (QED) is 0.351. The molecule has 3 aromatic carbocycles. The molecule has 0 aliphatic carbocycles. The number of aromatic nitrogens is 2. The highest BCUT2D eigenvalue weighted by molar-refractivity contribution is 9.10. The van der Waals surface area contributed by atoms with Crippen LogP contribution in [0.3, 0.4) is 0 Å². The molecule has 0 atom stereocenters. The van der Waals surface area contributed by atoms with Crippen LogP contribution in [0.25, 0.3) is 11.0 Å². The molecule has 0 aliphatic heterocycles. The maximum Gasteiger partial charge on any atom is 0.203 e. The van der Waals surface area contributed by atoms with Gasteiger partial charge >= 0.3 is 0 Å². The average molecular weight is 517 g/mol. The van der Waals surface area contributed by atoms with E-state index in [-0.39, 0.29) is 17.0 Å². The van der Waals surface area contributed by atoms with Crippen molar-refractivity contribution in [3.63, 3.8) is 0 Å². The molecule has 0 fully saturated rings. The Labute approximate surface area is 189 Å². The fraction of sp³-hybridized carbons (Fsp3) is 0.174. The highest BCUT2D eigenvalue weighted by atomic mass is 79.9. The number of nitrogens with zero attached hydrogens (tertiary/aromatic N) is 2. The van der Waals surface area contributed by atoms with Crippen molar-refractivity contribution in [2.45, 2.75) is 20.0 Å². The van der Waals surface area contributed by atoms with Crippen molar-refractivity contribution in [1.82, 2.24) is 9.13 Å². The van der Waals surface area contributed by atoms with Gasteiger partial charge < -0.3 is 13.9 Å². The Morgan fingerprint density at radius 3 is 2.17 bits per heavy atom. The molecule has 0 amide bonds. The summed E-state index contributed by atoms with van der Waals surface area (Å²) in [6, 6.07) is 24.4. The lowest BCUT2D eigenvalue weighted by Crippen LogP contribution is -2.27. The molecule has 4 aromatic rings. The second kappa shape index (κ2) is 9.46. The number of benzene rings is 3. The van der Waals surface area contributed by atoms with Crippen molar-refractivity contribution in [3.05, 3.63) is 94.0 Å². The summed E-state index contributed by atoms with van der Waals surface area (Å²) in [6.45, 7) is 3.86. The summed E-state index contributed by atoms with van der Waals surface area (Å²) in [5.41, 5.74) is 4.89. The third-order valence-corrected chi connectivity index (χ3v) is 5.42. The molecule has 1 aromatic heterocycles. The van der Waals surface area contributed by atoms with Crippen LogP contribution in [0.4, 0.5) is 0 Å². The molecule has 0 saturated heterocycles. The molecular formula is C23H23Br2N3O. The van der Waals surface area contributed by atoms with E-state index in [9.17, 15) is 0 Å². The topological polar surface area (TPSA) is 42.9 Å². The molecular weight excluding hydrogens is 494 g/mol. The Morgan fingerprint density at radius 2 is 1.48 bits per heavy atom. The maximum atomic E-state index is 8.75. The van der Waals surface area contributed by atoms with Crippen LogP contribution < -0.4 is 10.4 Å². The molecule has 4 nitrogen and oxygen atoms in total. The number of aryl methyl sites for hydroxylation is 1. The van der Waals surface area contributed by atoms with Crippen LogP contribution in [-0.2, 0) is 13.1 Å². The molecule has 0 bridgehead atoms. The van der Waals surface area contributed by atoms with E-state index >= 15 is 0 Å². The lowest BCUT2D eigenvalue weighted by Gasteiger charge is -2.10. The number of para-hydroxylation sites is 3. The van der Waals surface area contributed by atoms with Gasteiger partial charge in [-0.25, -0.2) is 0 Å². The molecule has 150 valence electrons. The van der Waals surface area contributed by atoms with Crippen LogP contribution in [0.5, 0.6) is 5.75 Å². The summed E-state index contributed by atoms with van der Waals surface area (Å²) in [7, 11) is 0. The van der Waals surface area contributed by atoms with Crippen LogP contribution in [0, 0.1) is 12.3 Å². The van der Waals surface area contributed by atoms with E-state index in [2.05, 4.69) is 40.2 Å². The molecule has 0 radical (unpaired) electrons. The van der Waals surface area contributed by atoms with E-state index in [0.29, 0.717) is 25.3 Å². The summed E-state index contributed by atoms with van der Waals surface area (Å²) in [4.78, 5) is 0. The zero-order valence-electron chi connectivity index (χ0n) is 16.1. The zero-order chi connectivity index (χ0) is 19.5. The first-order chi connectivity index (χ1) is 13.6. The predicted molar refractivity (Wildman–Crippen MR) is 126 cm³/mol. The number of rotatable bonds is 6. The average Bonchev–Trinajstić information content (AvgIpc) is 2.97. The summed E-state index contributed by atoms with van der Waals surface area (Å²) in [5.74, 6) is 0.897. The first-order valence-corrected chi connectivity index (χ1v) is 10.1. The van der Waals surface area contributed by atoms with Crippen molar-refractivity contribution in [2.75, 3.05) is 6.61 Å². The van der Waals surface area contributed by atoms with Gasteiger partial charge in [0.15, 0.2) is 0 Å². The van der Waals surface area contributed by atoms with E-state index in [1.807, 2.05) is 64.6 Å². The van der Waals surface area contributed by atoms with Crippen molar-refractivity contribution in [3.8, 4) is 5.75 Å². The Hall–Kier alpha value is -2.31. The minimum atomic E-state index is 0. The van der Waals surface area contributed by atoms with Gasteiger partial charge in [0.25, 0.3) is 0 Å². The van der Waals surface area contributed by atoms with Crippen LogP contribution in [0.15, 0.2) is 77.3 Å². The van der Waals surface area contributed by atoms with Gasteiger partial charge in [0.05, 0.1) is 24.1 Å². The Bertz CT molecular complexity index is 1160. The minimum absolute atomic E-state index is 0. The Kier molecular flexibility index (Phi) is 6.98. The lowest BCUT2D eigenvalue weighted by molar-refractivity contribution is 0.295. The van der Waals surface area contributed by atoms with Crippen molar-refractivity contribution in [2.24, 2.45) is 0 Å². The largest absolute Gasteiger partial charge is 0.491 e. The Balaban J connectivity index is 0.00000240. The van der Waals surface area contributed by atoms with Gasteiger partial charge in [0.1, 0.15) is 12.4 Å². The fourth-order valence-electron chi connectivity index (χ4n) is 3.42. The van der Waals surface area contributed by atoms with Crippen LogP contribution in [0.2, 0.25) is 0 Å². The number of hydrogen-bond donors (Lipinski definition) is 1. The minimum Gasteiger partial charge on any atom is -0.491 e. The van der Waals surface area contributed by atoms with E-state index in [1.165, 1.54) is 5.56 Å². The second-order valence-electron chi connectivity index (χ2n) is 6.79. The van der Waals surface area contributed by atoms with E-state index in [4.69, 9.17) is 10.1 Å². The molecule has 0 saturated carbocycles. The Morgan fingerprint density at radius 1 is 0.862 bits per heavy atom. The van der Waals surface area contributed by atoms with Gasteiger partial charge in [-0.15, -0.1) is 17.0 Å². The highest BCUT2D eigenvalue weighted by Crippen LogP contribution is 2.18. The zero-order valence-corrected chi connectivity index (χ0v) is 19.4. The third-order valence-electron chi connectivity index (χ3n) is 4.89. The molecule has 29 heavy (non-hydrogen) atoms. The van der Waals surface area contributed by atoms with E-state index < -0.39 is 0 Å². The number of nitrogens with one attached hydrogen (secondary N) is 1. The van der Waals surface area contributed by atoms with Crippen LogP contribution in [0.1, 0.15) is 11.1 Å². The van der Waals surface area contributed by atoms with Crippen molar-refractivity contribution >= 4 is 43.9 Å². The molecule has 0 aliphatic rings. The molecule has 6 heteroatoms. The standard InChI is InChI=1S/C23H22BrN3O.BrH/c1-17-6-2-5-9-22(17)28-15-14-26-20-7-3-4-8-21(20)27(23(26)25)16-18-10-12-19(24)13-11-18;/h2-13,25H,14-16H2,1H3;1H. The molecule has 4 rings (SSSR count). The fourth-order valence-corrected chi connectivity index (χ4v) is 3.68. The van der Waals surface area contributed by atoms with Gasteiger partial charge in [-0.1, -0.05) is 58.4 Å². The van der Waals surface area contributed by atoms with Gasteiger partial charge in [-0.05, 0) is 48.4 Å². The molecule has 1 N–H and O–H groups in total. The molecule has 0 unspecified atom stereocenters. The third kappa shape index (κ3) is 4.65.